The van der Waals surface area contributed by atoms with Crippen molar-refractivity contribution >= 4 is 17.3 Å². The van der Waals surface area contributed by atoms with Gasteiger partial charge in [0.15, 0.2) is 0 Å². The van der Waals surface area contributed by atoms with Gasteiger partial charge >= 0.3 is 0 Å². The normalized spacial score (nSPS) is 10.8. The van der Waals surface area contributed by atoms with Crippen LogP contribution in [0.3, 0.4) is 0 Å². The van der Waals surface area contributed by atoms with E-state index in [1.807, 2.05) is 31.2 Å². The Bertz CT molecular complexity index is 782. The molecule has 0 atom stereocenters. The van der Waals surface area contributed by atoms with Crippen molar-refractivity contribution in [3.8, 4) is 5.75 Å². The fourth-order valence-electron chi connectivity index (χ4n) is 2.18. The van der Waals surface area contributed by atoms with E-state index in [2.05, 4.69) is 20.4 Å². The summed E-state index contributed by atoms with van der Waals surface area (Å²) in [6.07, 6.45) is 1.48. The maximum Gasteiger partial charge on any atom is 0.254 e. The minimum absolute atomic E-state index is 0.562. The van der Waals surface area contributed by atoms with Crippen molar-refractivity contribution in [2.75, 3.05) is 18.2 Å². The largest absolute Gasteiger partial charge is 0.496 e. The number of nitrogens with one attached hydrogen (secondary N) is 1. The summed E-state index contributed by atoms with van der Waals surface area (Å²) in [6, 6.07) is 7.47. The quantitative estimate of drug-likeness (QED) is 0.708. The number of nitrogens with two attached hydrogens (primary N) is 1. The van der Waals surface area contributed by atoms with Gasteiger partial charge in [0, 0.05) is 29.6 Å². The number of aryl methyl sites for hydroxylation is 1. The second-order valence-corrected chi connectivity index (χ2v) is 4.68. The topological polar surface area (TPSA) is 90.4 Å². The number of nitrogen functional groups attached to an aromatic ring is 1. The number of rotatable bonds is 4. The van der Waals surface area contributed by atoms with E-state index in [4.69, 9.17) is 10.5 Å². The zero-order valence-electron chi connectivity index (χ0n) is 11.9. The Balaban J connectivity index is 1.90. The van der Waals surface area contributed by atoms with Gasteiger partial charge in [-0.25, -0.2) is 4.98 Å². The minimum atomic E-state index is 0.562. The monoisotopic (exact) mass is 284 g/mol. The van der Waals surface area contributed by atoms with Gasteiger partial charge in [-0.1, -0.05) is 0 Å². The third kappa shape index (κ3) is 2.58. The SMILES string of the molecule is COc1ccc(N)cc1CNc1cc(C)nc2ncnn12. The van der Waals surface area contributed by atoms with Crippen LogP contribution in [0.4, 0.5) is 11.5 Å². The number of hydrogen-bond donors (Lipinski definition) is 2. The summed E-state index contributed by atoms with van der Waals surface area (Å²) in [5.74, 6) is 2.17. The molecule has 0 aliphatic rings. The molecule has 2 heterocycles. The van der Waals surface area contributed by atoms with Gasteiger partial charge in [0.2, 0.25) is 0 Å². The molecular formula is C14H16N6O. The summed E-state index contributed by atoms with van der Waals surface area (Å²) in [5, 5.41) is 7.47. The summed E-state index contributed by atoms with van der Waals surface area (Å²) < 4.78 is 7.00. The third-order valence-corrected chi connectivity index (χ3v) is 3.14. The number of ether oxygens (including phenoxy) is 1. The molecule has 0 bridgehead atoms. The van der Waals surface area contributed by atoms with Crippen LogP contribution in [0.5, 0.6) is 5.75 Å². The van der Waals surface area contributed by atoms with Crippen molar-refractivity contribution in [3.05, 3.63) is 41.9 Å². The van der Waals surface area contributed by atoms with Crippen molar-refractivity contribution in [3.63, 3.8) is 0 Å². The molecular weight excluding hydrogens is 268 g/mol. The molecule has 0 radical (unpaired) electrons. The standard InChI is InChI=1S/C14H16N6O/c1-9-5-13(20-14(19-9)17-8-18-20)16-7-10-6-11(15)3-4-12(10)21-2/h3-6,8,16H,7,15H2,1-2H3. The molecule has 3 rings (SSSR count). The number of nitrogens with zero attached hydrogens (tertiary/aromatic N) is 4. The second kappa shape index (κ2) is 5.28. The highest BCUT2D eigenvalue weighted by atomic mass is 16.5. The number of benzene rings is 1. The Kier molecular flexibility index (Phi) is 3.31. The van der Waals surface area contributed by atoms with E-state index in [0.29, 0.717) is 18.0 Å². The van der Waals surface area contributed by atoms with Gasteiger partial charge in [-0.2, -0.15) is 14.6 Å². The Labute approximate surface area is 121 Å². The van der Waals surface area contributed by atoms with Crippen molar-refractivity contribution in [2.45, 2.75) is 13.5 Å². The summed E-state index contributed by atoms with van der Waals surface area (Å²) in [5.41, 5.74) is 8.37. The Hall–Kier alpha value is -2.83. The molecule has 108 valence electrons. The molecule has 0 spiro atoms. The van der Waals surface area contributed by atoms with Gasteiger partial charge in [0.25, 0.3) is 5.78 Å². The van der Waals surface area contributed by atoms with Crippen molar-refractivity contribution in [1.82, 2.24) is 19.6 Å². The lowest BCUT2D eigenvalue weighted by atomic mass is 10.1. The van der Waals surface area contributed by atoms with Crippen LogP contribution in [0.25, 0.3) is 5.78 Å². The Morgan fingerprint density at radius 1 is 1.33 bits per heavy atom. The Morgan fingerprint density at radius 2 is 2.19 bits per heavy atom. The summed E-state index contributed by atoms with van der Waals surface area (Å²) in [4.78, 5) is 8.40. The van der Waals surface area contributed by atoms with E-state index in [1.54, 1.807) is 11.6 Å². The maximum atomic E-state index is 5.83. The highest BCUT2D eigenvalue weighted by Gasteiger charge is 2.07. The average Bonchev–Trinajstić information content (AvgIpc) is 2.93. The summed E-state index contributed by atoms with van der Waals surface area (Å²) >= 11 is 0. The molecule has 0 saturated heterocycles. The van der Waals surface area contributed by atoms with E-state index in [-0.39, 0.29) is 0 Å². The second-order valence-electron chi connectivity index (χ2n) is 4.68. The number of fused-ring (bicyclic) bond motifs is 1. The molecule has 3 N–H and O–H groups in total. The number of aromatic nitrogens is 4. The van der Waals surface area contributed by atoms with Gasteiger partial charge in [-0.15, -0.1) is 0 Å². The molecule has 0 aliphatic heterocycles. The molecule has 2 aromatic heterocycles. The first kappa shape index (κ1) is 13.2. The van der Waals surface area contributed by atoms with E-state index in [0.717, 1.165) is 22.8 Å². The Morgan fingerprint density at radius 3 is 3.00 bits per heavy atom. The fourth-order valence-corrected chi connectivity index (χ4v) is 2.18. The van der Waals surface area contributed by atoms with Crippen molar-refractivity contribution in [2.24, 2.45) is 0 Å². The number of hydrogen-bond acceptors (Lipinski definition) is 6. The van der Waals surface area contributed by atoms with Crippen LogP contribution in [0.15, 0.2) is 30.6 Å². The molecule has 7 nitrogen and oxygen atoms in total. The van der Waals surface area contributed by atoms with E-state index in [9.17, 15) is 0 Å². The van der Waals surface area contributed by atoms with Crippen LogP contribution in [0.2, 0.25) is 0 Å². The molecule has 7 heteroatoms. The van der Waals surface area contributed by atoms with Crippen LogP contribution in [-0.2, 0) is 6.54 Å². The predicted octanol–water partition coefficient (Wildman–Crippen LogP) is 1.64. The molecule has 21 heavy (non-hydrogen) atoms. The zero-order valence-corrected chi connectivity index (χ0v) is 11.9. The van der Waals surface area contributed by atoms with Crippen LogP contribution < -0.4 is 15.8 Å². The molecule has 0 saturated carbocycles. The zero-order chi connectivity index (χ0) is 14.8. The summed E-state index contributed by atoms with van der Waals surface area (Å²) in [6.45, 7) is 2.48. The first-order valence-corrected chi connectivity index (χ1v) is 6.51. The smallest absolute Gasteiger partial charge is 0.254 e. The van der Waals surface area contributed by atoms with Gasteiger partial charge in [-0.05, 0) is 25.1 Å². The highest BCUT2D eigenvalue weighted by Crippen LogP contribution is 2.22. The number of anilines is 2. The predicted molar refractivity (Wildman–Crippen MR) is 80.3 cm³/mol. The minimum Gasteiger partial charge on any atom is -0.496 e. The molecule has 0 amide bonds. The first-order chi connectivity index (χ1) is 10.2. The lowest BCUT2D eigenvalue weighted by Gasteiger charge is -2.12. The molecule has 0 fully saturated rings. The molecule has 3 aromatic rings. The average molecular weight is 284 g/mol. The maximum absolute atomic E-state index is 5.83. The van der Waals surface area contributed by atoms with Crippen LogP contribution in [-0.4, -0.2) is 26.7 Å². The lowest BCUT2D eigenvalue weighted by Crippen LogP contribution is -2.08. The van der Waals surface area contributed by atoms with E-state index >= 15 is 0 Å². The third-order valence-electron chi connectivity index (χ3n) is 3.14. The first-order valence-electron chi connectivity index (χ1n) is 6.51. The lowest BCUT2D eigenvalue weighted by molar-refractivity contribution is 0.410. The van der Waals surface area contributed by atoms with Gasteiger partial charge in [0.05, 0.1) is 7.11 Å². The highest BCUT2D eigenvalue weighted by molar-refractivity contribution is 5.50. The summed E-state index contributed by atoms with van der Waals surface area (Å²) in [7, 11) is 1.64. The van der Waals surface area contributed by atoms with Crippen LogP contribution in [0.1, 0.15) is 11.3 Å². The molecule has 1 aromatic carbocycles. The fraction of sp³-hybridized carbons (Fsp3) is 0.214. The molecule has 0 unspecified atom stereocenters. The number of methoxy groups -OCH3 is 1. The van der Waals surface area contributed by atoms with E-state index < -0.39 is 0 Å². The van der Waals surface area contributed by atoms with Crippen LogP contribution >= 0.6 is 0 Å². The van der Waals surface area contributed by atoms with Gasteiger partial charge < -0.3 is 15.8 Å². The van der Waals surface area contributed by atoms with Gasteiger partial charge in [0.1, 0.15) is 17.9 Å². The van der Waals surface area contributed by atoms with E-state index in [1.165, 1.54) is 6.33 Å². The molecule has 0 aliphatic carbocycles. The van der Waals surface area contributed by atoms with Crippen LogP contribution in [0, 0.1) is 6.92 Å². The van der Waals surface area contributed by atoms with Gasteiger partial charge in [-0.3, -0.25) is 0 Å². The van der Waals surface area contributed by atoms with Crippen molar-refractivity contribution in [1.29, 1.82) is 0 Å². The van der Waals surface area contributed by atoms with Crippen molar-refractivity contribution < 1.29 is 4.74 Å².